The van der Waals surface area contributed by atoms with Gasteiger partial charge in [0.05, 0.1) is 5.69 Å². The summed E-state index contributed by atoms with van der Waals surface area (Å²) in [5, 5.41) is 0.798. The van der Waals surface area contributed by atoms with E-state index in [2.05, 4.69) is 27.5 Å². The van der Waals surface area contributed by atoms with Gasteiger partial charge in [-0.15, -0.1) is 11.3 Å². The molecule has 0 saturated heterocycles. The molecule has 2 heterocycles. The Balaban J connectivity index is 1.69. The van der Waals surface area contributed by atoms with Crippen LogP contribution in [-0.4, -0.2) is 16.4 Å². The zero-order chi connectivity index (χ0) is 11.7. The SMILES string of the molecule is Clc1ccc(CN2CCc3n[c]sc3C2)cc1. The van der Waals surface area contributed by atoms with Crippen LogP contribution in [0.4, 0.5) is 0 Å². The summed E-state index contributed by atoms with van der Waals surface area (Å²) in [6.07, 6.45) is 1.04. The van der Waals surface area contributed by atoms with E-state index in [1.807, 2.05) is 12.1 Å². The number of fused-ring (bicyclic) bond motifs is 1. The Kier molecular flexibility index (Phi) is 3.14. The van der Waals surface area contributed by atoms with Crippen LogP contribution in [-0.2, 0) is 19.5 Å². The number of halogens is 1. The molecule has 2 aromatic rings. The van der Waals surface area contributed by atoms with Crippen molar-refractivity contribution < 1.29 is 0 Å². The fourth-order valence-corrected chi connectivity index (χ4v) is 3.01. The largest absolute Gasteiger partial charge is 0.294 e. The van der Waals surface area contributed by atoms with Crippen LogP contribution in [0.2, 0.25) is 5.02 Å². The first-order chi connectivity index (χ1) is 8.31. The second-order valence-corrected chi connectivity index (χ2v) is 5.58. The fourth-order valence-electron chi connectivity index (χ4n) is 2.10. The maximum absolute atomic E-state index is 5.88. The number of aromatic nitrogens is 1. The van der Waals surface area contributed by atoms with E-state index in [0.717, 1.165) is 31.1 Å². The van der Waals surface area contributed by atoms with Crippen molar-refractivity contribution in [3.8, 4) is 0 Å². The quantitative estimate of drug-likeness (QED) is 0.828. The molecule has 0 fully saturated rings. The molecule has 1 aromatic heterocycles. The van der Waals surface area contributed by atoms with Gasteiger partial charge >= 0.3 is 0 Å². The average Bonchev–Trinajstić information content (AvgIpc) is 2.79. The van der Waals surface area contributed by atoms with Crippen molar-refractivity contribution in [1.82, 2.24) is 9.88 Å². The van der Waals surface area contributed by atoms with Gasteiger partial charge in [0.15, 0.2) is 5.51 Å². The summed E-state index contributed by atoms with van der Waals surface area (Å²) < 4.78 is 0. The smallest absolute Gasteiger partial charge is 0.152 e. The molecule has 87 valence electrons. The summed E-state index contributed by atoms with van der Waals surface area (Å²) in [4.78, 5) is 8.07. The van der Waals surface area contributed by atoms with Gasteiger partial charge in [-0.3, -0.25) is 4.90 Å². The standard InChI is InChI=1S/C13H12ClN2S/c14-11-3-1-10(2-4-11)7-16-6-5-12-13(8-16)17-9-15-12/h1-4H,5-8H2. The highest BCUT2D eigenvalue weighted by molar-refractivity contribution is 7.09. The van der Waals surface area contributed by atoms with Gasteiger partial charge in [0, 0.05) is 36.0 Å². The first kappa shape index (κ1) is 11.2. The van der Waals surface area contributed by atoms with Gasteiger partial charge in [0.2, 0.25) is 0 Å². The lowest BCUT2D eigenvalue weighted by atomic mass is 10.1. The summed E-state index contributed by atoms with van der Waals surface area (Å²) >= 11 is 7.53. The Morgan fingerprint density at radius 3 is 3.00 bits per heavy atom. The Labute approximate surface area is 110 Å². The minimum atomic E-state index is 0.798. The maximum Gasteiger partial charge on any atom is 0.152 e. The van der Waals surface area contributed by atoms with Gasteiger partial charge < -0.3 is 0 Å². The highest BCUT2D eigenvalue weighted by atomic mass is 35.5. The molecule has 1 aliphatic heterocycles. The molecule has 4 heteroatoms. The van der Waals surface area contributed by atoms with Crippen molar-refractivity contribution >= 4 is 22.9 Å². The van der Waals surface area contributed by atoms with Gasteiger partial charge in [0.25, 0.3) is 0 Å². The van der Waals surface area contributed by atoms with Crippen LogP contribution in [0.25, 0.3) is 0 Å². The van der Waals surface area contributed by atoms with Crippen LogP contribution in [0.3, 0.4) is 0 Å². The summed E-state index contributed by atoms with van der Waals surface area (Å²) in [6, 6.07) is 8.09. The van der Waals surface area contributed by atoms with Gasteiger partial charge in [-0.2, -0.15) is 0 Å². The second-order valence-electron chi connectivity index (χ2n) is 4.26. The molecule has 1 radical (unpaired) electrons. The molecule has 3 rings (SSSR count). The number of hydrogen-bond acceptors (Lipinski definition) is 3. The Morgan fingerprint density at radius 1 is 1.35 bits per heavy atom. The highest BCUT2D eigenvalue weighted by Crippen LogP contribution is 2.22. The van der Waals surface area contributed by atoms with Gasteiger partial charge in [-0.1, -0.05) is 23.7 Å². The topological polar surface area (TPSA) is 16.1 Å². The zero-order valence-corrected chi connectivity index (χ0v) is 10.9. The molecule has 0 bridgehead atoms. The van der Waals surface area contributed by atoms with Crippen molar-refractivity contribution in [3.05, 3.63) is 50.9 Å². The van der Waals surface area contributed by atoms with Gasteiger partial charge in [-0.25, -0.2) is 4.98 Å². The molecule has 0 aliphatic carbocycles. The summed E-state index contributed by atoms with van der Waals surface area (Å²) in [7, 11) is 0. The maximum atomic E-state index is 5.88. The molecule has 17 heavy (non-hydrogen) atoms. The summed E-state index contributed by atoms with van der Waals surface area (Å²) in [6.45, 7) is 3.06. The fraction of sp³-hybridized carbons (Fsp3) is 0.308. The van der Waals surface area contributed by atoms with Crippen molar-refractivity contribution in [1.29, 1.82) is 0 Å². The summed E-state index contributed by atoms with van der Waals surface area (Å²) in [5.74, 6) is 0. The molecular weight excluding hydrogens is 252 g/mol. The molecule has 0 amide bonds. The molecule has 0 N–H and O–H groups in total. The number of benzene rings is 1. The van der Waals surface area contributed by atoms with E-state index in [4.69, 9.17) is 11.6 Å². The molecule has 1 aliphatic rings. The van der Waals surface area contributed by atoms with E-state index in [1.165, 1.54) is 16.1 Å². The predicted molar refractivity (Wildman–Crippen MR) is 70.2 cm³/mol. The molecule has 1 aromatic carbocycles. The Morgan fingerprint density at radius 2 is 2.18 bits per heavy atom. The Hall–Kier alpha value is -0.900. The Bertz CT molecular complexity index is 506. The van der Waals surface area contributed by atoms with E-state index in [0.29, 0.717) is 0 Å². The number of rotatable bonds is 2. The third-order valence-electron chi connectivity index (χ3n) is 3.02. The van der Waals surface area contributed by atoms with Gasteiger partial charge in [-0.05, 0) is 17.7 Å². The average molecular weight is 264 g/mol. The zero-order valence-electron chi connectivity index (χ0n) is 9.32. The third-order valence-corrected chi connectivity index (χ3v) is 4.07. The van der Waals surface area contributed by atoms with Crippen molar-refractivity contribution in [2.45, 2.75) is 19.5 Å². The summed E-state index contributed by atoms with van der Waals surface area (Å²) in [5.41, 5.74) is 5.53. The molecule has 0 unspecified atom stereocenters. The number of thiazole rings is 1. The minimum absolute atomic E-state index is 0.798. The first-order valence-electron chi connectivity index (χ1n) is 5.63. The van der Waals surface area contributed by atoms with Crippen LogP contribution in [0.5, 0.6) is 0 Å². The highest BCUT2D eigenvalue weighted by Gasteiger charge is 2.18. The van der Waals surface area contributed by atoms with Crippen LogP contribution in [0, 0.1) is 5.51 Å². The minimum Gasteiger partial charge on any atom is -0.294 e. The van der Waals surface area contributed by atoms with Crippen molar-refractivity contribution in [2.24, 2.45) is 0 Å². The van der Waals surface area contributed by atoms with E-state index in [1.54, 1.807) is 11.3 Å². The van der Waals surface area contributed by atoms with Crippen LogP contribution >= 0.6 is 22.9 Å². The lowest BCUT2D eigenvalue weighted by molar-refractivity contribution is 0.247. The molecule has 0 atom stereocenters. The van der Waals surface area contributed by atoms with Crippen molar-refractivity contribution in [3.63, 3.8) is 0 Å². The van der Waals surface area contributed by atoms with E-state index < -0.39 is 0 Å². The number of nitrogens with zero attached hydrogens (tertiary/aromatic N) is 2. The predicted octanol–water partition coefficient (Wildman–Crippen LogP) is 3.15. The lowest BCUT2D eigenvalue weighted by Gasteiger charge is -2.25. The number of hydrogen-bond donors (Lipinski definition) is 0. The van der Waals surface area contributed by atoms with E-state index in [-0.39, 0.29) is 0 Å². The first-order valence-corrected chi connectivity index (χ1v) is 6.82. The normalized spacial score (nSPS) is 15.8. The van der Waals surface area contributed by atoms with E-state index >= 15 is 0 Å². The van der Waals surface area contributed by atoms with Crippen molar-refractivity contribution in [2.75, 3.05) is 6.54 Å². The third kappa shape index (κ3) is 2.51. The van der Waals surface area contributed by atoms with Crippen LogP contribution in [0.15, 0.2) is 24.3 Å². The van der Waals surface area contributed by atoms with Crippen LogP contribution in [0.1, 0.15) is 16.1 Å². The lowest BCUT2D eigenvalue weighted by Crippen LogP contribution is -2.29. The molecule has 0 spiro atoms. The second kappa shape index (κ2) is 4.77. The van der Waals surface area contributed by atoms with E-state index in [9.17, 15) is 0 Å². The monoisotopic (exact) mass is 263 g/mol. The van der Waals surface area contributed by atoms with Crippen LogP contribution < -0.4 is 0 Å². The van der Waals surface area contributed by atoms with Gasteiger partial charge in [0.1, 0.15) is 0 Å². The molecule has 2 nitrogen and oxygen atoms in total. The molecule has 0 saturated carbocycles. The molecular formula is C13H12ClN2S.